The number of carbonyl (C=O) groups is 1. The minimum atomic E-state index is -0.132. The van der Waals surface area contributed by atoms with Gasteiger partial charge in [-0.25, -0.2) is 4.98 Å². The summed E-state index contributed by atoms with van der Waals surface area (Å²) >= 11 is 3.03. The van der Waals surface area contributed by atoms with E-state index in [2.05, 4.69) is 10.1 Å². The SMILES string of the molecule is COc1ccc2nc(N(/N=C/c3ccco3)C(=O)CCSc3ccccc3)sc2c1. The second-order valence-electron chi connectivity index (χ2n) is 6.21. The molecule has 2 aromatic carbocycles. The van der Waals surface area contributed by atoms with Crippen molar-refractivity contribution in [3.05, 3.63) is 72.7 Å². The number of aromatic nitrogens is 1. The maximum Gasteiger partial charge on any atom is 0.250 e. The first-order valence-electron chi connectivity index (χ1n) is 9.26. The number of thioether (sulfide) groups is 1. The molecule has 0 aliphatic rings. The number of hydrogen-bond acceptors (Lipinski definition) is 7. The van der Waals surface area contributed by atoms with Gasteiger partial charge in [-0.15, -0.1) is 11.8 Å². The highest BCUT2D eigenvalue weighted by Gasteiger charge is 2.19. The van der Waals surface area contributed by atoms with Crippen LogP contribution >= 0.6 is 23.1 Å². The predicted octanol–water partition coefficient (Wildman–Crippen LogP) is 5.45. The molecule has 0 unspecified atom stereocenters. The maximum atomic E-state index is 13.0. The van der Waals surface area contributed by atoms with Gasteiger partial charge < -0.3 is 9.15 Å². The maximum absolute atomic E-state index is 13.0. The van der Waals surface area contributed by atoms with E-state index in [-0.39, 0.29) is 5.91 Å². The number of ether oxygens (including phenoxy) is 1. The summed E-state index contributed by atoms with van der Waals surface area (Å²) in [6, 6.07) is 19.2. The van der Waals surface area contributed by atoms with Crippen molar-refractivity contribution in [2.75, 3.05) is 17.9 Å². The van der Waals surface area contributed by atoms with Gasteiger partial charge in [0, 0.05) is 17.1 Å². The minimum Gasteiger partial charge on any atom is -0.497 e. The highest BCUT2D eigenvalue weighted by Crippen LogP contribution is 2.32. The van der Waals surface area contributed by atoms with Crippen LogP contribution in [0, 0.1) is 0 Å². The van der Waals surface area contributed by atoms with E-state index < -0.39 is 0 Å². The largest absolute Gasteiger partial charge is 0.497 e. The van der Waals surface area contributed by atoms with Crippen molar-refractivity contribution in [3.8, 4) is 5.75 Å². The van der Waals surface area contributed by atoms with E-state index in [0.29, 0.717) is 23.1 Å². The van der Waals surface area contributed by atoms with E-state index in [4.69, 9.17) is 9.15 Å². The first-order valence-corrected chi connectivity index (χ1v) is 11.1. The van der Waals surface area contributed by atoms with Gasteiger partial charge in [0.25, 0.3) is 0 Å². The van der Waals surface area contributed by atoms with Crippen LogP contribution in [0.15, 0.2) is 81.3 Å². The molecular formula is C22H19N3O3S2. The van der Waals surface area contributed by atoms with Crippen LogP contribution in [0.3, 0.4) is 0 Å². The Balaban J connectivity index is 1.55. The number of thiazole rings is 1. The summed E-state index contributed by atoms with van der Waals surface area (Å²) in [7, 11) is 1.62. The van der Waals surface area contributed by atoms with Crippen molar-refractivity contribution in [1.82, 2.24) is 4.98 Å². The molecule has 0 aliphatic carbocycles. The number of hydrazone groups is 1. The second-order valence-corrected chi connectivity index (χ2v) is 8.38. The molecule has 0 radical (unpaired) electrons. The van der Waals surface area contributed by atoms with Gasteiger partial charge in [-0.1, -0.05) is 29.5 Å². The summed E-state index contributed by atoms with van der Waals surface area (Å²) in [6.07, 6.45) is 3.41. The number of nitrogens with zero attached hydrogens (tertiary/aromatic N) is 3. The molecule has 2 aromatic heterocycles. The Hall–Kier alpha value is -3.10. The molecule has 30 heavy (non-hydrogen) atoms. The lowest BCUT2D eigenvalue weighted by Gasteiger charge is -2.13. The van der Waals surface area contributed by atoms with Gasteiger partial charge in [0.2, 0.25) is 11.0 Å². The number of methoxy groups -OCH3 is 1. The Labute approximate surface area is 182 Å². The molecule has 4 rings (SSSR count). The quantitative estimate of drug-likeness (QED) is 0.208. The molecule has 8 heteroatoms. The van der Waals surface area contributed by atoms with Crippen LogP contribution in [0.4, 0.5) is 5.13 Å². The normalized spacial score (nSPS) is 11.2. The van der Waals surface area contributed by atoms with Crippen LogP contribution in [0.2, 0.25) is 0 Å². The van der Waals surface area contributed by atoms with E-state index >= 15 is 0 Å². The Morgan fingerprint density at radius 2 is 2.10 bits per heavy atom. The van der Waals surface area contributed by atoms with Crippen LogP contribution in [0.25, 0.3) is 10.2 Å². The van der Waals surface area contributed by atoms with Crippen molar-refractivity contribution in [1.29, 1.82) is 0 Å². The molecule has 0 saturated heterocycles. The van der Waals surface area contributed by atoms with Gasteiger partial charge in [-0.3, -0.25) is 4.79 Å². The summed E-state index contributed by atoms with van der Waals surface area (Å²) in [6.45, 7) is 0. The third kappa shape index (κ3) is 4.90. The van der Waals surface area contributed by atoms with E-state index in [9.17, 15) is 4.79 Å². The smallest absolute Gasteiger partial charge is 0.250 e. The van der Waals surface area contributed by atoms with E-state index in [0.717, 1.165) is 20.9 Å². The zero-order valence-corrected chi connectivity index (χ0v) is 17.9. The number of carbonyl (C=O) groups excluding carboxylic acids is 1. The molecule has 6 nitrogen and oxygen atoms in total. The molecule has 0 saturated carbocycles. The molecule has 0 bridgehead atoms. The van der Waals surface area contributed by atoms with Crippen molar-refractivity contribution in [3.63, 3.8) is 0 Å². The number of hydrogen-bond donors (Lipinski definition) is 0. The molecule has 0 N–H and O–H groups in total. The Morgan fingerprint density at radius 3 is 2.87 bits per heavy atom. The monoisotopic (exact) mass is 437 g/mol. The summed E-state index contributed by atoms with van der Waals surface area (Å²) < 4.78 is 11.5. The van der Waals surface area contributed by atoms with Crippen molar-refractivity contribution < 1.29 is 13.9 Å². The average molecular weight is 438 g/mol. The van der Waals surface area contributed by atoms with E-state index in [1.54, 1.807) is 37.3 Å². The van der Waals surface area contributed by atoms with Gasteiger partial charge in [0.05, 0.1) is 29.8 Å². The first kappa shape index (κ1) is 20.2. The molecule has 2 heterocycles. The number of furan rings is 1. The van der Waals surface area contributed by atoms with Crippen LogP contribution in [0.5, 0.6) is 5.75 Å². The predicted molar refractivity (Wildman–Crippen MR) is 122 cm³/mol. The lowest BCUT2D eigenvalue weighted by molar-refractivity contribution is -0.118. The summed E-state index contributed by atoms with van der Waals surface area (Å²) in [5, 5.41) is 6.23. The number of fused-ring (bicyclic) bond motifs is 1. The van der Waals surface area contributed by atoms with Gasteiger partial charge in [0.1, 0.15) is 11.5 Å². The van der Waals surface area contributed by atoms with Gasteiger partial charge >= 0.3 is 0 Å². The Bertz CT molecular complexity index is 1140. The Kier molecular flexibility index (Phi) is 6.46. The fourth-order valence-electron chi connectivity index (χ4n) is 2.69. The zero-order valence-electron chi connectivity index (χ0n) is 16.2. The topological polar surface area (TPSA) is 67.9 Å². The zero-order chi connectivity index (χ0) is 20.8. The van der Waals surface area contributed by atoms with Crippen LogP contribution in [-0.2, 0) is 4.79 Å². The third-order valence-corrected chi connectivity index (χ3v) is 6.18. The minimum absolute atomic E-state index is 0.132. The lowest BCUT2D eigenvalue weighted by atomic mass is 10.3. The summed E-state index contributed by atoms with van der Waals surface area (Å²) in [5.41, 5.74) is 0.792. The number of anilines is 1. The number of rotatable bonds is 8. The fourth-order valence-corrected chi connectivity index (χ4v) is 4.52. The molecule has 1 amide bonds. The summed E-state index contributed by atoms with van der Waals surface area (Å²) in [5.74, 6) is 1.82. The van der Waals surface area contributed by atoms with Crippen molar-refractivity contribution in [2.24, 2.45) is 5.10 Å². The van der Waals surface area contributed by atoms with Gasteiger partial charge in [-0.05, 0) is 42.5 Å². The van der Waals surface area contributed by atoms with Crippen molar-refractivity contribution in [2.45, 2.75) is 11.3 Å². The number of benzene rings is 2. The molecule has 152 valence electrons. The first-order chi connectivity index (χ1) is 14.7. The van der Waals surface area contributed by atoms with E-state index in [1.807, 2.05) is 48.5 Å². The number of amides is 1. The average Bonchev–Trinajstić information content (AvgIpc) is 3.44. The van der Waals surface area contributed by atoms with Gasteiger partial charge in [0.15, 0.2) is 0 Å². The third-order valence-electron chi connectivity index (χ3n) is 4.17. The van der Waals surface area contributed by atoms with E-state index in [1.165, 1.54) is 22.6 Å². The molecular weight excluding hydrogens is 418 g/mol. The van der Waals surface area contributed by atoms with Gasteiger partial charge in [-0.2, -0.15) is 10.1 Å². The lowest BCUT2D eigenvalue weighted by Crippen LogP contribution is -2.25. The molecule has 0 atom stereocenters. The highest BCUT2D eigenvalue weighted by atomic mass is 32.2. The molecule has 0 spiro atoms. The standard InChI is InChI=1S/C22H19N3O3S2/c1-27-16-9-10-19-20(14-16)30-22(24-19)25(23-15-17-6-5-12-28-17)21(26)11-13-29-18-7-3-2-4-8-18/h2-10,12,14-15H,11,13H2,1H3/b23-15+. The Morgan fingerprint density at radius 1 is 1.23 bits per heavy atom. The van der Waals surface area contributed by atoms with Crippen LogP contribution < -0.4 is 9.75 Å². The highest BCUT2D eigenvalue weighted by molar-refractivity contribution is 7.99. The summed E-state index contributed by atoms with van der Waals surface area (Å²) in [4.78, 5) is 18.7. The van der Waals surface area contributed by atoms with Crippen molar-refractivity contribution >= 4 is 50.6 Å². The second kappa shape index (κ2) is 9.60. The molecule has 0 aliphatic heterocycles. The molecule has 4 aromatic rings. The van der Waals surface area contributed by atoms with Crippen LogP contribution in [-0.4, -0.2) is 30.0 Å². The fraction of sp³-hybridized carbons (Fsp3) is 0.136. The van der Waals surface area contributed by atoms with Crippen LogP contribution in [0.1, 0.15) is 12.2 Å². The molecule has 0 fully saturated rings.